The lowest BCUT2D eigenvalue weighted by Crippen LogP contribution is -2.16. The average Bonchev–Trinajstić information content (AvgIpc) is 2.17. The van der Waals surface area contributed by atoms with Crippen molar-refractivity contribution in [1.29, 1.82) is 0 Å². The normalized spacial score (nSPS) is 11.6. The Morgan fingerprint density at radius 3 is 2.67 bits per heavy atom. The van der Waals surface area contributed by atoms with Gasteiger partial charge in [-0.05, 0) is 25.4 Å². The zero-order valence-electron chi connectivity index (χ0n) is 8.58. The number of hydrogen-bond donors (Lipinski definition) is 2. The van der Waals surface area contributed by atoms with E-state index in [1.807, 2.05) is 13.8 Å². The molecule has 5 nitrogen and oxygen atoms in total. The maximum Gasteiger partial charge on any atom is 0.229 e. The first kappa shape index (κ1) is 11.5. The Balaban J connectivity index is 2.84. The van der Waals surface area contributed by atoms with E-state index in [1.165, 1.54) is 0 Å². The smallest absolute Gasteiger partial charge is 0.229 e. The van der Waals surface area contributed by atoms with Gasteiger partial charge in [-0.2, -0.15) is 15.0 Å². The zero-order valence-corrected chi connectivity index (χ0v) is 9.34. The summed E-state index contributed by atoms with van der Waals surface area (Å²) in [5, 5.41) is 5.98. The van der Waals surface area contributed by atoms with Gasteiger partial charge >= 0.3 is 0 Å². The molecule has 2 N–H and O–H groups in total. The molecule has 0 aliphatic carbocycles. The highest BCUT2D eigenvalue weighted by atomic mass is 35.5. The van der Waals surface area contributed by atoms with Crippen LogP contribution in [0.25, 0.3) is 0 Å². The summed E-state index contributed by atoms with van der Waals surface area (Å²) >= 11 is 5.72. The molecule has 6 heteroatoms. The lowest BCUT2D eigenvalue weighted by molar-refractivity contribution is 0.951. The molecule has 0 saturated heterocycles. The fourth-order valence-corrected chi connectivity index (χ4v) is 1.05. The summed E-state index contributed by atoms with van der Waals surface area (Å²) in [5.74, 6) is 3.32. The fourth-order valence-electron chi connectivity index (χ4n) is 0.887. The molecule has 1 rings (SSSR count). The van der Waals surface area contributed by atoms with E-state index in [2.05, 4.69) is 31.5 Å². The van der Waals surface area contributed by atoms with E-state index in [1.54, 1.807) is 0 Å². The van der Waals surface area contributed by atoms with Crippen LogP contribution in [0.15, 0.2) is 0 Å². The number of halogens is 1. The van der Waals surface area contributed by atoms with Gasteiger partial charge in [-0.15, -0.1) is 6.42 Å². The van der Waals surface area contributed by atoms with Crippen LogP contribution in [0, 0.1) is 12.3 Å². The highest BCUT2D eigenvalue weighted by molar-refractivity contribution is 6.28. The summed E-state index contributed by atoms with van der Waals surface area (Å²) < 4.78 is 0. The van der Waals surface area contributed by atoms with Gasteiger partial charge in [0.25, 0.3) is 0 Å². The lowest BCUT2D eigenvalue weighted by atomic mass is 10.4. The van der Waals surface area contributed by atoms with Crippen molar-refractivity contribution in [2.45, 2.75) is 19.9 Å². The topological polar surface area (TPSA) is 62.7 Å². The Hall–Kier alpha value is -1.54. The summed E-state index contributed by atoms with van der Waals surface area (Å²) in [6.07, 6.45) is 5.22. The van der Waals surface area contributed by atoms with Crippen LogP contribution in [-0.4, -0.2) is 27.5 Å². The highest BCUT2D eigenvalue weighted by Gasteiger charge is 2.05. The summed E-state index contributed by atoms with van der Waals surface area (Å²) in [7, 11) is 0. The molecule has 0 aliphatic rings. The second-order valence-corrected chi connectivity index (χ2v) is 3.15. The second kappa shape index (κ2) is 5.37. The van der Waals surface area contributed by atoms with Crippen LogP contribution in [0.5, 0.6) is 0 Å². The van der Waals surface area contributed by atoms with Gasteiger partial charge in [0.1, 0.15) is 0 Å². The first-order valence-corrected chi connectivity index (χ1v) is 4.91. The Bertz CT molecular complexity index is 373. The first-order valence-electron chi connectivity index (χ1n) is 4.53. The Morgan fingerprint density at radius 1 is 1.40 bits per heavy atom. The van der Waals surface area contributed by atoms with Gasteiger partial charge in [0.15, 0.2) is 0 Å². The third-order valence-electron chi connectivity index (χ3n) is 1.54. The summed E-state index contributed by atoms with van der Waals surface area (Å²) in [6, 6.07) is -0.155. The van der Waals surface area contributed by atoms with Gasteiger partial charge in [0.2, 0.25) is 17.2 Å². The third-order valence-corrected chi connectivity index (χ3v) is 1.71. The maximum atomic E-state index is 5.72. The lowest BCUT2D eigenvalue weighted by Gasteiger charge is -2.08. The maximum absolute atomic E-state index is 5.72. The Labute approximate surface area is 93.7 Å². The molecule has 0 radical (unpaired) electrons. The standard InChI is InChI=1S/C9H12ClN5/c1-4-6(3)12-9-14-7(10)13-8(15-9)11-5-2/h1,6H,5H2,2-3H3,(H2,11,12,13,14,15). The van der Waals surface area contributed by atoms with Crippen molar-refractivity contribution in [1.82, 2.24) is 15.0 Å². The van der Waals surface area contributed by atoms with Crippen LogP contribution < -0.4 is 10.6 Å². The van der Waals surface area contributed by atoms with Crippen LogP contribution in [-0.2, 0) is 0 Å². The third kappa shape index (κ3) is 3.60. The minimum Gasteiger partial charge on any atom is -0.354 e. The predicted molar refractivity (Wildman–Crippen MR) is 60.9 cm³/mol. The van der Waals surface area contributed by atoms with Crippen molar-refractivity contribution in [3.63, 3.8) is 0 Å². The van der Waals surface area contributed by atoms with E-state index in [0.29, 0.717) is 18.4 Å². The number of terminal acetylenes is 1. The predicted octanol–water partition coefficient (Wildman–Crippen LogP) is 1.39. The largest absolute Gasteiger partial charge is 0.354 e. The molecule has 1 aromatic rings. The molecule has 1 atom stereocenters. The molecule has 0 amide bonds. The second-order valence-electron chi connectivity index (χ2n) is 2.81. The van der Waals surface area contributed by atoms with E-state index >= 15 is 0 Å². The molecular formula is C9H12ClN5. The van der Waals surface area contributed by atoms with Crippen LogP contribution in [0.1, 0.15) is 13.8 Å². The monoisotopic (exact) mass is 225 g/mol. The van der Waals surface area contributed by atoms with Crippen molar-refractivity contribution in [2.75, 3.05) is 17.2 Å². The van der Waals surface area contributed by atoms with Crippen LogP contribution >= 0.6 is 11.6 Å². The number of nitrogens with zero attached hydrogens (tertiary/aromatic N) is 3. The molecule has 0 spiro atoms. The number of aromatic nitrogens is 3. The molecule has 80 valence electrons. The molecule has 15 heavy (non-hydrogen) atoms. The zero-order chi connectivity index (χ0) is 11.3. The van der Waals surface area contributed by atoms with Crippen molar-refractivity contribution >= 4 is 23.5 Å². The van der Waals surface area contributed by atoms with Crippen molar-refractivity contribution in [3.05, 3.63) is 5.28 Å². The van der Waals surface area contributed by atoms with Gasteiger partial charge in [0, 0.05) is 6.54 Å². The molecule has 0 fully saturated rings. The molecule has 0 aliphatic heterocycles. The van der Waals surface area contributed by atoms with E-state index in [0.717, 1.165) is 0 Å². The van der Waals surface area contributed by atoms with E-state index in [9.17, 15) is 0 Å². The van der Waals surface area contributed by atoms with Gasteiger partial charge in [-0.3, -0.25) is 0 Å². The summed E-state index contributed by atoms with van der Waals surface area (Å²) in [6.45, 7) is 4.48. The number of hydrogen-bond acceptors (Lipinski definition) is 5. The average molecular weight is 226 g/mol. The molecule has 0 bridgehead atoms. The van der Waals surface area contributed by atoms with E-state index in [4.69, 9.17) is 18.0 Å². The molecule has 0 saturated carbocycles. The van der Waals surface area contributed by atoms with Gasteiger partial charge in [0.05, 0.1) is 6.04 Å². The van der Waals surface area contributed by atoms with Crippen LogP contribution in [0.4, 0.5) is 11.9 Å². The minimum absolute atomic E-state index is 0.132. The highest BCUT2D eigenvalue weighted by Crippen LogP contribution is 2.09. The summed E-state index contributed by atoms with van der Waals surface area (Å²) in [4.78, 5) is 11.9. The number of anilines is 2. The van der Waals surface area contributed by atoms with E-state index < -0.39 is 0 Å². The van der Waals surface area contributed by atoms with Crippen molar-refractivity contribution < 1.29 is 0 Å². The van der Waals surface area contributed by atoms with Crippen LogP contribution in [0.3, 0.4) is 0 Å². The molecular weight excluding hydrogens is 214 g/mol. The SMILES string of the molecule is C#CC(C)Nc1nc(Cl)nc(NCC)n1. The van der Waals surface area contributed by atoms with Gasteiger partial charge in [-0.1, -0.05) is 5.92 Å². The Morgan fingerprint density at radius 2 is 2.07 bits per heavy atom. The quantitative estimate of drug-likeness (QED) is 0.759. The van der Waals surface area contributed by atoms with Gasteiger partial charge in [-0.25, -0.2) is 0 Å². The van der Waals surface area contributed by atoms with Crippen molar-refractivity contribution in [2.24, 2.45) is 0 Å². The number of nitrogens with one attached hydrogen (secondary N) is 2. The van der Waals surface area contributed by atoms with Crippen LogP contribution in [0.2, 0.25) is 5.28 Å². The molecule has 1 unspecified atom stereocenters. The molecule has 0 aromatic carbocycles. The Kier molecular flexibility index (Phi) is 4.13. The van der Waals surface area contributed by atoms with Crippen molar-refractivity contribution in [3.8, 4) is 12.3 Å². The first-order chi connectivity index (χ1) is 7.15. The molecule has 1 aromatic heterocycles. The number of rotatable bonds is 4. The summed E-state index contributed by atoms with van der Waals surface area (Å²) in [5.41, 5.74) is 0. The minimum atomic E-state index is -0.155. The van der Waals surface area contributed by atoms with E-state index in [-0.39, 0.29) is 11.3 Å². The van der Waals surface area contributed by atoms with Gasteiger partial charge < -0.3 is 10.6 Å². The molecule has 1 heterocycles. The fraction of sp³-hybridized carbons (Fsp3) is 0.444.